The number of ether oxygens (including phenoxy) is 2. The molecule has 1 rings (SSSR count). The second kappa shape index (κ2) is 41.9. The van der Waals surface area contributed by atoms with Crippen molar-refractivity contribution in [3.63, 3.8) is 0 Å². The zero-order valence-corrected chi connectivity index (χ0v) is 41.1. The van der Waals surface area contributed by atoms with Crippen LogP contribution in [0.25, 0.3) is 0 Å². The van der Waals surface area contributed by atoms with Crippen LogP contribution in [-0.2, 0) is 19.6 Å². The van der Waals surface area contributed by atoms with Crippen LogP contribution in [0.2, 0.25) is 0 Å². The SMILES string of the molecule is CCCCCCCCCCCCCCCC/C=C/CCCOC(=O)c1cccc(S(=O)(=O)[O-])c1C(=O)OCCC/C=C/CCCCCCCCCCCCCCCC.[Na+]. The van der Waals surface area contributed by atoms with Gasteiger partial charge in [0.2, 0.25) is 0 Å². The van der Waals surface area contributed by atoms with Gasteiger partial charge in [-0.25, -0.2) is 18.0 Å². The number of hydrogen-bond acceptors (Lipinski definition) is 7. The molecule has 0 aliphatic rings. The van der Waals surface area contributed by atoms with E-state index < -0.39 is 32.5 Å². The summed E-state index contributed by atoms with van der Waals surface area (Å²) in [5.74, 6) is -1.87. The first kappa shape index (κ1) is 57.5. The molecule has 7 nitrogen and oxygen atoms in total. The number of esters is 2. The molecule has 0 saturated heterocycles. The molecule has 334 valence electrons. The summed E-state index contributed by atoms with van der Waals surface area (Å²) < 4.78 is 46.7. The van der Waals surface area contributed by atoms with Crippen LogP contribution in [0.3, 0.4) is 0 Å². The van der Waals surface area contributed by atoms with E-state index in [1.165, 1.54) is 192 Å². The first-order chi connectivity index (χ1) is 28.3. The maximum absolute atomic E-state index is 13.0. The van der Waals surface area contributed by atoms with Crippen LogP contribution < -0.4 is 29.6 Å². The molecular formula is C50H85NaO7S. The Morgan fingerprint density at radius 1 is 0.475 bits per heavy atom. The molecule has 0 N–H and O–H groups in total. The van der Waals surface area contributed by atoms with Crippen molar-refractivity contribution in [3.05, 3.63) is 53.6 Å². The Bertz CT molecular complexity index is 1310. The van der Waals surface area contributed by atoms with Crippen molar-refractivity contribution in [2.75, 3.05) is 13.2 Å². The van der Waals surface area contributed by atoms with Crippen molar-refractivity contribution < 1.29 is 61.6 Å². The minimum Gasteiger partial charge on any atom is -0.744 e. The number of unbranched alkanes of at least 4 members (excludes halogenated alkanes) is 30. The Morgan fingerprint density at radius 3 is 1.12 bits per heavy atom. The van der Waals surface area contributed by atoms with Crippen LogP contribution in [0.15, 0.2) is 47.4 Å². The predicted octanol–water partition coefficient (Wildman–Crippen LogP) is 12.3. The monoisotopic (exact) mass is 853 g/mol. The summed E-state index contributed by atoms with van der Waals surface area (Å²) >= 11 is 0. The number of rotatable bonds is 41. The Balaban J connectivity index is 0.0000336. The molecule has 0 unspecified atom stereocenters. The number of carbonyl (C=O) groups excluding carboxylic acids is 2. The molecular weight excluding hydrogens is 768 g/mol. The molecule has 0 bridgehead atoms. The van der Waals surface area contributed by atoms with Gasteiger partial charge in [0.25, 0.3) is 0 Å². The molecule has 0 amide bonds. The van der Waals surface area contributed by atoms with Crippen molar-refractivity contribution in [2.45, 2.75) is 237 Å². The molecule has 0 fully saturated rings. The maximum Gasteiger partial charge on any atom is 1.00 e. The summed E-state index contributed by atoms with van der Waals surface area (Å²) in [5.41, 5.74) is -0.827. The van der Waals surface area contributed by atoms with Gasteiger partial charge in [-0.15, -0.1) is 0 Å². The standard InChI is InChI=1S/C50H86O7S.Na/c1-3-5-7-9-11-13-15-17-19-21-23-25-27-29-31-33-35-37-39-44-56-49(51)46-42-41-43-47(58(53,54)55)48(46)50(52)57-45-40-38-36-34-32-30-28-26-24-22-20-18-16-14-12-10-8-6-4-2;/h33-36,41-43H,3-32,37-40,44-45H2,1-2H3,(H,53,54,55);/q;+1/p-1/b35-33+,36-34+;. The zero-order chi connectivity index (χ0) is 42.2. The van der Waals surface area contributed by atoms with Crippen LogP contribution >= 0.6 is 0 Å². The maximum atomic E-state index is 13.0. The second-order valence-corrected chi connectivity index (χ2v) is 17.7. The summed E-state index contributed by atoms with van der Waals surface area (Å²) in [6.45, 7) is 4.68. The molecule has 0 aliphatic heterocycles. The normalized spacial score (nSPS) is 11.7. The van der Waals surface area contributed by atoms with Crippen LogP contribution in [-0.4, -0.2) is 38.1 Å². The summed E-state index contributed by atoms with van der Waals surface area (Å²) in [4.78, 5) is 25.2. The van der Waals surface area contributed by atoms with Gasteiger partial charge in [0.05, 0.1) is 29.2 Å². The number of benzene rings is 1. The molecule has 9 heteroatoms. The van der Waals surface area contributed by atoms with Gasteiger partial charge < -0.3 is 14.0 Å². The third kappa shape index (κ3) is 33.8. The molecule has 0 aliphatic carbocycles. The van der Waals surface area contributed by atoms with E-state index in [-0.39, 0.29) is 48.3 Å². The van der Waals surface area contributed by atoms with Crippen molar-refractivity contribution in [2.24, 2.45) is 0 Å². The van der Waals surface area contributed by atoms with Gasteiger partial charge in [0.15, 0.2) is 0 Å². The number of carbonyl (C=O) groups is 2. The van der Waals surface area contributed by atoms with E-state index in [0.29, 0.717) is 19.3 Å². The number of allylic oxidation sites excluding steroid dienone is 4. The van der Waals surface area contributed by atoms with E-state index in [4.69, 9.17) is 9.47 Å². The summed E-state index contributed by atoms with van der Waals surface area (Å²) in [5, 5.41) is 0. The van der Waals surface area contributed by atoms with Crippen LogP contribution in [0.5, 0.6) is 0 Å². The molecule has 1 aromatic rings. The van der Waals surface area contributed by atoms with Gasteiger partial charge in [-0.1, -0.05) is 211 Å². The second-order valence-electron chi connectivity index (χ2n) is 16.4. The quantitative estimate of drug-likeness (QED) is 0.0212. The largest absolute Gasteiger partial charge is 1.00 e. The molecule has 0 spiro atoms. The Labute approximate surface area is 385 Å². The molecule has 0 aromatic heterocycles. The van der Waals surface area contributed by atoms with E-state index in [9.17, 15) is 22.6 Å². The van der Waals surface area contributed by atoms with Gasteiger partial charge in [0, 0.05) is 0 Å². The van der Waals surface area contributed by atoms with Crippen LogP contribution in [0, 0.1) is 0 Å². The van der Waals surface area contributed by atoms with Gasteiger partial charge in [0.1, 0.15) is 10.1 Å². The van der Waals surface area contributed by atoms with Crippen LogP contribution in [0.4, 0.5) is 0 Å². The molecule has 0 atom stereocenters. The molecule has 0 radical (unpaired) electrons. The molecule has 1 aromatic carbocycles. The predicted molar refractivity (Wildman–Crippen MR) is 242 cm³/mol. The smallest absolute Gasteiger partial charge is 0.744 e. The van der Waals surface area contributed by atoms with Crippen molar-refractivity contribution in [1.29, 1.82) is 0 Å². The fraction of sp³-hybridized carbons (Fsp3) is 0.760. The third-order valence-corrected chi connectivity index (χ3v) is 11.9. The first-order valence-corrected chi connectivity index (χ1v) is 25.5. The summed E-state index contributed by atoms with van der Waals surface area (Å²) in [7, 11) is -5.03. The molecule has 59 heavy (non-hydrogen) atoms. The Morgan fingerprint density at radius 2 is 0.780 bits per heavy atom. The van der Waals surface area contributed by atoms with E-state index in [1.54, 1.807) is 0 Å². The minimum atomic E-state index is -5.03. The van der Waals surface area contributed by atoms with Gasteiger partial charge in [-0.2, -0.15) is 0 Å². The van der Waals surface area contributed by atoms with Gasteiger partial charge >= 0.3 is 41.5 Å². The Hall–Kier alpha value is -1.45. The Kier molecular flexibility index (Phi) is 40.9. The van der Waals surface area contributed by atoms with E-state index in [1.807, 2.05) is 0 Å². The van der Waals surface area contributed by atoms with Crippen molar-refractivity contribution >= 4 is 22.1 Å². The van der Waals surface area contributed by atoms with Crippen molar-refractivity contribution in [1.82, 2.24) is 0 Å². The fourth-order valence-electron chi connectivity index (χ4n) is 7.39. The average Bonchev–Trinajstić information content (AvgIpc) is 3.21. The van der Waals surface area contributed by atoms with Crippen LogP contribution in [0.1, 0.15) is 253 Å². The molecule has 0 saturated carbocycles. The summed E-state index contributed by atoms with van der Waals surface area (Å²) in [6.07, 6.45) is 50.8. The average molecular weight is 853 g/mol. The zero-order valence-electron chi connectivity index (χ0n) is 38.3. The van der Waals surface area contributed by atoms with E-state index in [2.05, 4.69) is 38.2 Å². The first-order valence-electron chi connectivity index (χ1n) is 24.1. The molecule has 0 heterocycles. The van der Waals surface area contributed by atoms with E-state index >= 15 is 0 Å². The summed E-state index contributed by atoms with van der Waals surface area (Å²) in [6, 6.07) is 3.59. The third-order valence-electron chi connectivity index (χ3n) is 11.0. The minimum absolute atomic E-state index is 0. The van der Waals surface area contributed by atoms with Crippen molar-refractivity contribution in [3.8, 4) is 0 Å². The topological polar surface area (TPSA) is 110 Å². The van der Waals surface area contributed by atoms with Gasteiger partial charge in [-0.05, 0) is 63.5 Å². The van der Waals surface area contributed by atoms with Gasteiger partial charge in [-0.3, -0.25) is 0 Å². The fourth-order valence-corrected chi connectivity index (χ4v) is 8.08. The number of hydrogen-bond donors (Lipinski definition) is 0. The van der Waals surface area contributed by atoms with E-state index in [0.717, 1.165) is 25.3 Å².